The molecule has 2 aromatic carbocycles. The average Bonchev–Trinajstić information content (AvgIpc) is 2.87. The summed E-state index contributed by atoms with van der Waals surface area (Å²) in [5.74, 6) is 0.194. The van der Waals surface area contributed by atoms with E-state index in [1.807, 2.05) is 24.3 Å². The maximum Gasteiger partial charge on any atom is 0.347 e. The van der Waals surface area contributed by atoms with Gasteiger partial charge in [-0.25, -0.2) is 14.2 Å². The number of hydrogen-bond donors (Lipinski definition) is 1. The van der Waals surface area contributed by atoms with E-state index in [2.05, 4.69) is 25.5 Å². The van der Waals surface area contributed by atoms with Crippen LogP contribution in [0.3, 0.4) is 0 Å². The van der Waals surface area contributed by atoms with Crippen molar-refractivity contribution in [1.82, 2.24) is 24.7 Å². The lowest BCUT2D eigenvalue weighted by Crippen LogP contribution is -2.24. The van der Waals surface area contributed by atoms with Crippen LogP contribution in [0.25, 0.3) is 22.2 Å². The van der Waals surface area contributed by atoms with Crippen molar-refractivity contribution < 1.29 is 9.13 Å². The average molecular weight is 489 g/mol. The topological polar surface area (TPSA) is 94.8 Å². The molecule has 1 N–H and O–H groups in total. The van der Waals surface area contributed by atoms with Crippen LogP contribution in [0.1, 0.15) is 0 Å². The largest absolute Gasteiger partial charge is 0.492 e. The van der Waals surface area contributed by atoms with E-state index in [0.29, 0.717) is 40.8 Å². The van der Waals surface area contributed by atoms with Crippen molar-refractivity contribution in [3.05, 3.63) is 101 Å². The molecule has 8 nitrogen and oxygen atoms in total. The molecule has 3 aromatic heterocycles. The molecule has 0 fully saturated rings. The monoisotopic (exact) mass is 488 g/mol. The standard InChI is InChI=1S/C25H18ClFN6O2/c26-16-2-5-21(27)20(12-16)24-13-17(15-30-32-24)31-22-6-8-28-23-14-18(3-4-19(22)23)35-11-10-33-9-1-7-29-25(33)34/h1-9,12-15H,10-11H2,(H,28,31,32). The number of ether oxygens (including phenoxy) is 1. The maximum atomic E-state index is 14.3. The van der Waals surface area contributed by atoms with Crippen molar-refractivity contribution in [1.29, 1.82) is 0 Å². The maximum absolute atomic E-state index is 14.3. The van der Waals surface area contributed by atoms with Gasteiger partial charge >= 0.3 is 5.69 Å². The molecule has 5 aromatic rings. The fraction of sp³-hybridized carbons (Fsp3) is 0.0800. The molecule has 0 bridgehead atoms. The first kappa shape index (κ1) is 22.4. The van der Waals surface area contributed by atoms with Gasteiger partial charge in [0.2, 0.25) is 0 Å². The van der Waals surface area contributed by atoms with Crippen LogP contribution >= 0.6 is 11.6 Å². The van der Waals surface area contributed by atoms with Gasteiger partial charge in [-0.15, -0.1) is 0 Å². The molecular formula is C25H18ClFN6O2. The van der Waals surface area contributed by atoms with Crippen molar-refractivity contribution in [2.75, 3.05) is 11.9 Å². The molecule has 0 radical (unpaired) electrons. The number of rotatable bonds is 7. The second-order valence-corrected chi connectivity index (χ2v) is 8.00. The number of halogens is 2. The van der Waals surface area contributed by atoms with Crippen LogP contribution in [0.5, 0.6) is 5.75 Å². The Hall–Kier alpha value is -4.37. The second-order valence-electron chi connectivity index (χ2n) is 7.56. The van der Waals surface area contributed by atoms with Gasteiger partial charge in [0.1, 0.15) is 18.2 Å². The number of hydrogen-bond acceptors (Lipinski definition) is 7. The Morgan fingerprint density at radius 1 is 1.06 bits per heavy atom. The summed E-state index contributed by atoms with van der Waals surface area (Å²) in [6, 6.07) is 15.1. The Kier molecular flexibility index (Phi) is 6.32. The molecule has 0 spiro atoms. The number of anilines is 2. The summed E-state index contributed by atoms with van der Waals surface area (Å²) in [7, 11) is 0. The van der Waals surface area contributed by atoms with Gasteiger partial charge in [-0.2, -0.15) is 10.2 Å². The summed E-state index contributed by atoms with van der Waals surface area (Å²) in [6.07, 6.45) is 6.35. The zero-order chi connectivity index (χ0) is 24.2. The number of pyridine rings is 1. The zero-order valence-electron chi connectivity index (χ0n) is 18.2. The second kappa shape index (κ2) is 9.86. The van der Waals surface area contributed by atoms with E-state index in [1.165, 1.54) is 29.0 Å². The van der Waals surface area contributed by atoms with Crippen LogP contribution < -0.4 is 15.7 Å². The Balaban J connectivity index is 1.35. The molecule has 0 aliphatic heterocycles. The number of nitrogens with zero attached hydrogens (tertiary/aromatic N) is 5. The van der Waals surface area contributed by atoms with E-state index >= 15 is 0 Å². The summed E-state index contributed by atoms with van der Waals surface area (Å²) < 4.78 is 21.6. The fourth-order valence-corrected chi connectivity index (χ4v) is 3.73. The summed E-state index contributed by atoms with van der Waals surface area (Å²) in [5, 5.41) is 12.6. The minimum absolute atomic E-state index is 0.267. The third-order valence-electron chi connectivity index (χ3n) is 5.24. The van der Waals surface area contributed by atoms with Crippen LogP contribution in [-0.4, -0.2) is 31.3 Å². The van der Waals surface area contributed by atoms with Gasteiger partial charge in [-0.3, -0.25) is 9.55 Å². The van der Waals surface area contributed by atoms with Crippen LogP contribution in [0.2, 0.25) is 5.02 Å². The molecule has 0 aliphatic carbocycles. The highest BCUT2D eigenvalue weighted by molar-refractivity contribution is 6.30. The van der Waals surface area contributed by atoms with Crippen molar-refractivity contribution in [2.45, 2.75) is 6.54 Å². The van der Waals surface area contributed by atoms with Crippen LogP contribution in [0.15, 0.2) is 84.2 Å². The van der Waals surface area contributed by atoms with Gasteiger partial charge in [0, 0.05) is 46.3 Å². The Bertz CT molecular complexity index is 1580. The predicted molar refractivity (Wildman–Crippen MR) is 131 cm³/mol. The lowest BCUT2D eigenvalue weighted by Gasteiger charge is -2.12. The van der Waals surface area contributed by atoms with Gasteiger partial charge in [-0.1, -0.05) is 11.6 Å². The van der Waals surface area contributed by atoms with E-state index in [0.717, 1.165) is 11.1 Å². The molecule has 0 atom stereocenters. The highest BCUT2D eigenvalue weighted by atomic mass is 35.5. The Labute approximate surface area is 204 Å². The van der Waals surface area contributed by atoms with Crippen molar-refractivity contribution in [3.8, 4) is 17.0 Å². The van der Waals surface area contributed by atoms with Crippen LogP contribution in [0, 0.1) is 5.82 Å². The molecule has 10 heteroatoms. The van der Waals surface area contributed by atoms with Gasteiger partial charge in [0.15, 0.2) is 0 Å². The fourth-order valence-electron chi connectivity index (χ4n) is 3.56. The smallest absolute Gasteiger partial charge is 0.347 e. The Morgan fingerprint density at radius 2 is 1.97 bits per heavy atom. The molecule has 0 amide bonds. The normalized spacial score (nSPS) is 10.9. The van der Waals surface area contributed by atoms with E-state index in [1.54, 1.807) is 30.7 Å². The van der Waals surface area contributed by atoms with Gasteiger partial charge in [-0.05, 0) is 48.5 Å². The highest BCUT2D eigenvalue weighted by Gasteiger charge is 2.10. The van der Waals surface area contributed by atoms with Gasteiger partial charge in [0.25, 0.3) is 0 Å². The first-order valence-corrected chi connectivity index (χ1v) is 11.0. The SMILES string of the molecule is O=c1ncccn1CCOc1ccc2c(Nc3cnnc(-c4cc(Cl)ccc4F)c3)ccnc2c1. The van der Waals surface area contributed by atoms with E-state index in [-0.39, 0.29) is 11.3 Å². The van der Waals surface area contributed by atoms with Gasteiger partial charge in [0.05, 0.1) is 29.6 Å². The third kappa shape index (κ3) is 5.10. The number of fused-ring (bicyclic) bond motifs is 1. The molecule has 0 unspecified atom stereocenters. The quantitative estimate of drug-likeness (QED) is 0.349. The van der Waals surface area contributed by atoms with Crippen molar-refractivity contribution in [2.24, 2.45) is 0 Å². The highest BCUT2D eigenvalue weighted by Crippen LogP contribution is 2.30. The molecule has 0 saturated heterocycles. The molecule has 0 saturated carbocycles. The molecule has 0 aliphatic rings. The van der Waals surface area contributed by atoms with E-state index < -0.39 is 5.82 Å². The summed E-state index contributed by atoms with van der Waals surface area (Å²) in [5.41, 5.74) is 2.44. The molecule has 5 rings (SSSR count). The van der Waals surface area contributed by atoms with Gasteiger partial charge < -0.3 is 10.1 Å². The molecule has 174 valence electrons. The summed E-state index contributed by atoms with van der Waals surface area (Å²) >= 11 is 6.02. The number of aromatic nitrogens is 5. The number of benzene rings is 2. The van der Waals surface area contributed by atoms with Crippen LogP contribution in [-0.2, 0) is 6.54 Å². The van der Waals surface area contributed by atoms with Crippen molar-refractivity contribution >= 4 is 33.9 Å². The molecule has 35 heavy (non-hydrogen) atoms. The van der Waals surface area contributed by atoms with Crippen LogP contribution in [0.4, 0.5) is 15.8 Å². The predicted octanol–water partition coefficient (Wildman–Crippen LogP) is 4.86. The molecule has 3 heterocycles. The minimum Gasteiger partial charge on any atom is -0.492 e. The lowest BCUT2D eigenvalue weighted by molar-refractivity contribution is 0.295. The minimum atomic E-state index is -0.434. The third-order valence-corrected chi connectivity index (χ3v) is 5.47. The van der Waals surface area contributed by atoms with Crippen molar-refractivity contribution in [3.63, 3.8) is 0 Å². The zero-order valence-corrected chi connectivity index (χ0v) is 19.0. The molecular weight excluding hydrogens is 471 g/mol. The lowest BCUT2D eigenvalue weighted by atomic mass is 10.1. The summed E-state index contributed by atoms with van der Waals surface area (Å²) in [4.78, 5) is 19.9. The number of nitrogens with one attached hydrogen (secondary N) is 1. The first-order valence-electron chi connectivity index (χ1n) is 10.6. The first-order chi connectivity index (χ1) is 17.1. The summed E-state index contributed by atoms with van der Waals surface area (Å²) in [6.45, 7) is 0.685. The van der Waals surface area contributed by atoms with E-state index in [4.69, 9.17) is 16.3 Å². The Morgan fingerprint density at radius 3 is 2.86 bits per heavy atom. The van der Waals surface area contributed by atoms with E-state index in [9.17, 15) is 9.18 Å².